The van der Waals surface area contributed by atoms with Gasteiger partial charge in [-0.1, -0.05) is 13.8 Å². The highest BCUT2D eigenvalue weighted by atomic mass is 16.3. The molecule has 0 bridgehead atoms. The van der Waals surface area contributed by atoms with Crippen LogP contribution in [0.5, 0.6) is 17.2 Å². The number of furan rings is 1. The second-order valence-corrected chi connectivity index (χ2v) is 6.71. The number of aromatic nitrogens is 2. The molecule has 4 aromatic rings. The highest BCUT2D eigenvalue weighted by molar-refractivity contribution is 6.00. The molecule has 2 heterocycles. The normalized spacial score (nSPS) is 11.5. The summed E-state index contributed by atoms with van der Waals surface area (Å²) in [5, 5.41) is 36.4. The third-order valence-electron chi connectivity index (χ3n) is 4.68. The smallest absolute Gasteiger partial charge is 0.272 e. The minimum Gasteiger partial charge on any atom is -0.508 e. The monoisotopic (exact) mass is 366 g/mol. The minimum absolute atomic E-state index is 0.00691. The van der Waals surface area contributed by atoms with Crippen molar-refractivity contribution >= 4 is 11.0 Å². The zero-order valence-electron chi connectivity index (χ0n) is 14.7. The second kappa shape index (κ2) is 5.98. The lowest BCUT2D eigenvalue weighted by molar-refractivity contribution is 0.445. The zero-order valence-corrected chi connectivity index (χ0v) is 14.7. The van der Waals surface area contributed by atoms with Gasteiger partial charge in [0.05, 0.1) is 17.5 Å². The van der Waals surface area contributed by atoms with E-state index in [0.717, 1.165) is 0 Å². The lowest BCUT2D eigenvalue weighted by Gasteiger charge is -2.13. The van der Waals surface area contributed by atoms with E-state index in [2.05, 4.69) is 10.2 Å². The highest BCUT2D eigenvalue weighted by Gasteiger charge is 2.22. The number of H-pyrrole nitrogens is 2. The molecule has 0 atom stereocenters. The van der Waals surface area contributed by atoms with Crippen molar-refractivity contribution in [2.45, 2.75) is 19.8 Å². The van der Waals surface area contributed by atoms with Crippen molar-refractivity contribution in [1.82, 2.24) is 10.2 Å². The molecular formula is C20H18N2O5. The maximum atomic E-state index is 12.6. The lowest BCUT2D eigenvalue weighted by atomic mass is 9.94. The van der Waals surface area contributed by atoms with Crippen LogP contribution in [-0.4, -0.2) is 25.5 Å². The van der Waals surface area contributed by atoms with Crippen molar-refractivity contribution in [3.05, 3.63) is 52.5 Å². The third kappa shape index (κ3) is 2.55. The van der Waals surface area contributed by atoms with Crippen molar-refractivity contribution in [2.24, 2.45) is 0 Å². The van der Waals surface area contributed by atoms with Crippen LogP contribution in [0.3, 0.4) is 0 Å². The Balaban J connectivity index is 2.02. The highest BCUT2D eigenvalue weighted by Crippen LogP contribution is 2.41. The maximum absolute atomic E-state index is 12.6. The van der Waals surface area contributed by atoms with Crippen molar-refractivity contribution in [2.75, 3.05) is 0 Å². The number of hydrogen-bond donors (Lipinski definition) is 5. The van der Waals surface area contributed by atoms with Gasteiger partial charge in [-0.05, 0) is 35.7 Å². The van der Waals surface area contributed by atoms with E-state index < -0.39 is 0 Å². The largest absolute Gasteiger partial charge is 0.508 e. The Labute approximate surface area is 153 Å². The van der Waals surface area contributed by atoms with E-state index in [4.69, 9.17) is 4.42 Å². The van der Waals surface area contributed by atoms with Crippen LogP contribution in [0.4, 0.5) is 0 Å². The van der Waals surface area contributed by atoms with Gasteiger partial charge in [-0.2, -0.15) is 0 Å². The Bertz CT molecular complexity index is 1210. The number of benzene rings is 2. The summed E-state index contributed by atoms with van der Waals surface area (Å²) >= 11 is 0. The summed E-state index contributed by atoms with van der Waals surface area (Å²) in [5.74, 6) is -0.169. The SMILES string of the molecule is CC(C)c1cc(-c2[nH][nH]c(=O)c2-c2ccc(O)c3occc23)c(O)cc1O. The van der Waals surface area contributed by atoms with E-state index in [9.17, 15) is 20.1 Å². The molecule has 0 radical (unpaired) electrons. The van der Waals surface area contributed by atoms with Crippen LogP contribution in [0.2, 0.25) is 0 Å². The number of hydrogen-bond acceptors (Lipinski definition) is 5. The summed E-state index contributed by atoms with van der Waals surface area (Å²) in [4.78, 5) is 12.6. The first-order chi connectivity index (χ1) is 12.9. The summed E-state index contributed by atoms with van der Waals surface area (Å²) in [6, 6.07) is 7.66. The van der Waals surface area contributed by atoms with Crippen LogP contribution < -0.4 is 5.56 Å². The van der Waals surface area contributed by atoms with Gasteiger partial charge in [-0.3, -0.25) is 15.0 Å². The van der Waals surface area contributed by atoms with Gasteiger partial charge in [0.1, 0.15) is 11.5 Å². The molecule has 0 aliphatic carbocycles. The van der Waals surface area contributed by atoms with Gasteiger partial charge < -0.3 is 19.7 Å². The lowest BCUT2D eigenvalue weighted by Crippen LogP contribution is -2.02. The topological polar surface area (TPSA) is 122 Å². The van der Waals surface area contributed by atoms with Gasteiger partial charge in [-0.25, -0.2) is 0 Å². The molecule has 0 amide bonds. The van der Waals surface area contributed by atoms with Gasteiger partial charge in [-0.15, -0.1) is 0 Å². The number of fused-ring (bicyclic) bond motifs is 1. The standard InChI is InChI=1S/C20H18N2O5/c1-9(2)12-7-13(16(25)8-15(12)24)18-17(20(26)22-21-18)10-3-4-14(23)19-11(10)5-6-27-19/h3-9,23-25H,1-2H3,(H2,21,22,26). The van der Waals surface area contributed by atoms with E-state index in [-0.39, 0.29) is 34.3 Å². The Morgan fingerprint density at radius 1 is 0.926 bits per heavy atom. The fraction of sp³-hybridized carbons (Fsp3) is 0.150. The maximum Gasteiger partial charge on any atom is 0.272 e. The molecule has 2 aromatic carbocycles. The Kier molecular flexibility index (Phi) is 3.73. The van der Waals surface area contributed by atoms with E-state index in [1.165, 1.54) is 18.4 Å². The first kappa shape index (κ1) is 16.8. The van der Waals surface area contributed by atoms with E-state index in [1.54, 1.807) is 18.2 Å². The summed E-state index contributed by atoms with van der Waals surface area (Å²) in [5.41, 5.74) is 2.16. The van der Waals surface area contributed by atoms with Gasteiger partial charge >= 0.3 is 0 Å². The molecule has 4 rings (SSSR count). The summed E-state index contributed by atoms with van der Waals surface area (Å²) in [7, 11) is 0. The first-order valence-corrected chi connectivity index (χ1v) is 8.45. The zero-order chi connectivity index (χ0) is 19.3. The van der Waals surface area contributed by atoms with Crippen LogP contribution in [0.25, 0.3) is 33.4 Å². The molecule has 7 heteroatoms. The first-order valence-electron chi connectivity index (χ1n) is 8.45. The van der Waals surface area contributed by atoms with E-state index >= 15 is 0 Å². The van der Waals surface area contributed by atoms with Crippen molar-refractivity contribution in [3.8, 4) is 39.6 Å². The molecule has 27 heavy (non-hydrogen) atoms. The van der Waals surface area contributed by atoms with Gasteiger partial charge in [0.15, 0.2) is 11.3 Å². The van der Waals surface area contributed by atoms with E-state index in [0.29, 0.717) is 33.3 Å². The fourth-order valence-corrected chi connectivity index (χ4v) is 3.34. The number of aromatic hydroxyl groups is 3. The van der Waals surface area contributed by atoms with Crippen LogP contribution >= 0.6 is 0 Å². The molecule has 5 N–H and O–H groups in total. The molecule has 0 aliphatic rings. The summed E-state index contributed by atoms with van der Waals surface area (Å²) in [6.07, 6.45) is 1.43. The van der Waals surface area contributed by atoms with Crippen LogP contribution in [0, 0.1) is 0 Å². The molecule has 0 unspecified atom stereocenters. The quantitative estimate of drug-likeness (QED) is 0.375. The summed E-state index contributed by atoms with van der Waals surface area (Å²) in [6.45, 7) is 3.84. The molecule has 0 saturated heterocycles. The van der Waals surface area contributed by atoms with Gasteiger partial charge in [0.2, 0.25) is 0 Å². The molecule has 0 aliphatic heterocycles. The van der Waals surface area contributed by atoms with Crippen molar-refractivity contribution in [1.29, 1.82) is 0 Å². The Morgan fingerprint density at radius 3 is 2.44 bits per heavy atom. The molecule has 2 aromatic heterocycles. The number of phenolic OH excluding ortho intramolecular Hbond substituents is 3. The van der Waals surface area contributed by atoms with Crippen LogP contribution in [0.1, 0.15) is 25.3 Å². The average molecular weight is 366 g/mol. The third-order valence-corrected chi connectivity index (χ3v) is 4.68. The van der Waals surface area contributed by atoms with Crippen molar-refractivity contribution < 1.29 is 19.7 Å². The predicted octanol–water partition coefficient (Wildman–Crippen LogP) is 4.02. The number of aromatic amines is 2. The Hall–Kier alpha value is -3.61. The Morgan fingerprint density at radius 2 is 1.70 bits per heavy atom. The van der Waals surface area contributed by atoms with Crippen molar-refractivity contribution in [3.63, 3.8) is 0 Å². The molecule has 0 spiro atoms. The molecule has 0 saturated carbocycles. The molecular weight excluding hydrogens is 348 g/mol. The van der Waals surface area contributed by atoms with Crippen LogP contribution in [-0.2, 0) is 0 Å². The van der Waals surface area contributed by atoms with E-state index in [1.807, 2.05) is 13.8 Å². The molecule has 138 valence electrons. The summed E-state index contributed by atoms with van der Waals surface area (Å²) < 4.78 is 5.31. The predicted molar refractivity (Wildman–Crippen MR) is 101 cm³/mol. The minimum atomic E-state index is -0.378. The number of nitrogens with one attached hydrogen (secondary N) is 2. The average Bonchev–Trinajstić information content (AvgIpc) is 3.23. The van der Waals surface area contributed by atoms with Gasteiger partial charge in [0.25, 0.3) is 5.56 Å². The van der Waals surface area contributed by atoms with Gasteiger partial charge in [0, 0.05) is 22.6 Å². The van der Waals surface area contributed by atoms with Crippen LogP contribution in [0.15, 0.2) is 45.8 Å². The fourth-order valence-electron chi connectivity index (χ4n) is 3.34. The second-order valence-electron chi connectivity index (χ2n) is 6.71. The molecule has 7 nitrogen and oxygen atoms in total. The molecule has 0 fully saturated rings. The number of phenols is 3. The number of rotatable bonds is 3.